The lowest BCUT2D eigenvalue weighted by Gasteiger charge is -2.32. The molecule has 0 bridgehead atoms. The van der Waals surface area contributed by atoms with Crippen LogP contribution in [-0.4, -0.2) is 42.5 Å². The molecule has 0 radical (unpaired) electrons. The number of rotatable bonds is 8. The van der Waals surface area contributed by atoms with Gasteiger partial charge in [0, 0.05) is 43.5 Å². The Morgan fingerprint density at radius 2 is 2.25 bits per heavy atom. The zero-order valence-corrected chi connectivity index (χ0v) is 17.1. The van der Waals surface area contributed by atoms with E-state index in [0.29, 0.717) is 28.8 Å². The lowest BCUT2D eigenvalue weighted by Crippen LogP contribution is -2.37. The number of aromatic nitrogens is 1. The maximum Gasteiger partial charge on any atom is 0.224 e. The average molecular weight is 402 g/mol. The Labute approximate surface area is 172 Å². The SMILES string of the molecule is COc1ccc(NC(=O)CC[C@@H]2CCCN(CCc3ccccn3)C2)cc1Cl. The summed E-state index contributed by atoms with van der Waals surface area (Å²) < 4.78 is 5.14. The molecule has 28 heavy (non-hydrogen) atoms. The fourth-order valence-electron chi connectivity index (χ4n) is 3.71. The summed E-state index contributed by atoms with van der Waals surface area (Å²) in [6.45, 7) is 3.23. The average Bonchev–Trinajstić information content (AvgIpc) is 2.72. The van der Waals surface area contributed by atoms with Crippen molar-refractivity contribution in [3.63, 3.8) is 0 Å². The van der Waals surface area contributed by atoms with Gasteiger partial charge in [-0.15, -0.1) is 0 Å². The summed E-state index contributed by atoms with van der Waals surface area (Å²) in [7, 11) is 1.57. The van der Waals surface area contributed by atoms with Gasteiger partial charge in [0.15, 0.2) is 0 Å². The van der Waals surface area contributed by atoms with Gasteiger partial charge in [0.05, 0.1) is 12.1 Å². The summed E-state index contributed by atoms with van der Waals surface area (Å²) in [4.78, 5) is 19.2. The van der Waals surface area contributed by atoms with Crippen LogP contribution in [0.2, 0.25) is 5.02 Å². The molecule has 2 heterocycles. The summed E-state index contributed by atoms with van der Waals surface area (Å²) in [5, 5.41) is 3.43. The van der Waals surface area contributed by atoms with E-state index in [4.69, 9.17) is 16.3 Å². The Hall–Kier alpha value is -2.11. The minimum atomic E-state index is 0.0341. The first kappa shape index (κ1) is 20.6. The third-order valence-electron chi connectivity index (χ3n) is 5.23. The summed E-state index contributed by atoms with van der Waals surface area (Å²) in [5.74, 6) is 1.21. The number of hydrogen-bond donors (Lipinski definition) is 1. The number of ether oxygens (including phenoxy) is 1. The molecule has 2 aromatic rings. The molecule has 5 nitrogen and oxygen atoms in total. The molecule has 0 aliphatic carbocycles. The van der Waals surface area contributed by atoms with Crippen molar-refractivity contribution < 1.29 is 9.53 Å². The number of benzene rings is 1. The Kier molecular flexibility index (Phi) is 7.69. The first-order chi connectivity index (χ1) is 13.6. The molecular weight excluding hydrogens is 374 g/mol. The number of carbonyl (C=O) groups excluding carboxylic acids is 1. The molecule has 0 spiro atoms. The van der Waals surface area contributed by atoms with E-state index in [2.05, 4.69) is 21.3 Å². The zero-order chi connectivity index (χ0) is 19.8. The second-order valence-electron chi connectivity index (χ2n) is 7.32. The normalized spacial score (nSPS) is 17.3. The van der Waals surface area contributed by atoms with Crippen LogP contribution < -0.4 is 10.1 Å². The summed E-state index contributed by atoms with van der Waals surface area (Å²) >= 11 is 6.12. The largest absolute Gasteiger partial charge is 0.495 e. The molecule has 1 amide bonds. The number of pyridine rings is 1. The van der Waals surface area contributed by atoms with Crippen molar-refractivity contribution in [3.8, 4) is 5.75 Å². The summed E-state index contributed by atoms with van der Waals surface area (Å²) in [6, 6.07) is 11.4. The van der Waals surface area contributed by atoms with Gasteiger partial charge in [-0.3, -0.25) is 9.78 Å². The quantitative estimate of drug-likeness (QED) is 0.711. The van der Waals surface area contributed by atoms with Crippen molar-refractivity contribution in [2.24, 2.45) is 5.92 Å². The molecule has 150 valence electrons. The van der Waals surface area contributed by atoms with Gasteiger partial charge < -0.3 is 15.0 Å². The van der Waals surface area contributed by atoms with Crippen molar-refractivity contribution in [3.05, 3.63) is 53.3 Å². The number of carbonyl (C=O) groups is 1. The van der Waals surface area contributed by atoms with Crippen LogP contribution in [0.15, 0.2) is 42.6 Å². The van der Waals surface area contributed by atoms with E-state index in [0.717, 1.165) is 38.2 Å². The van der Waals surface area contributed by atoms with Gasteiger partial charge in [-0.2, -0.15) is 0 Å². The fraction of sp³-hybridized carbons (Fsp3) is 0.455. The van der Waals surface area contributed by atoms with Crippen LogP contribution in [0.3, 0.4) is 0 Å². The van der Waals surface area contributed by atoms with Crippen LogP contribution in [-0.2, 0) is 11.2 Å². The Bertz CT molecular complexity index is 770. The van der Waals surface area contributed by atoms with Crippen molar-refractivity contribution >= 4 is 23.2 Å². The maximum atomic E-state index is 12.3. The molecule has 1 atom stereocenters. The molecule has 1 N–H and O–H groups in total. The third kappa shape index (κ3) is 6.21. The Morgan fingerprint density at radius 1 is 1.36 bits per heavy atom. The van der Waals surface area contributed by atoms with Crippen LogP contribution in [0.4, 0.5) is 5.69 Å². The van der Waals surface area contributed by atoms with Crippen LogP contribution >= 0.6 is 11.6 Å². The molecular formula is C22H28ClN3O2. The van der Waals surface area contributed by atoms with Crippen molar-refractivity contribution in [1.29, 1.82) is 0 Å². The second kappa shape index (κ2) is 10.4. The Morgan fingerprint density at radius 3 is 3.00 bits per heavy atom. The highest BCUT2D eigenvalue weighted by Gasteiger charge is 2.20. The first-order valence-electron chi connectivity index (χ1n) is 9.89. The van der Waals surface area contributed by atoms with Gasteiger partial charge in [-0.05, 0) is 62.1 Å². The Balaban J connectivity index is 1.41. The number of anilines is 1. The maximum absolute atomic E-state index is 12.3. The van der Waals surface area contributed by atoms with Crippen LogP contribution in [0.25, 0.3) is 0 Å². The number of methoxy groups -OCH3 is 1. The molecule has 1 aliphatic heterocycles. The fourth-order valence-corrected chi connectivity index (χ4v) is 3.97. The van der Waals surface area contributed by atoms with E-state index in [9.17, 15) is 4.79 Å². The van der Waals surface area contributed by atoms with Crippen LogP contribution in [0.1, 0.15) is 31.4 Å². The first-order valence-corrected chi connectivity index (χ1v) is 10.3. The summed E-state index contributed by atoms with van der Waals surface area (Å²) in [6.07, 6.45) is 6.66. The molecule has 1 fully saturated rings. The number of halogens is 1. The van der Waals surface area contributed by atoms with Gasteiger partial charge in [0.2, 0.25) is 5.91 Å². The van der Waals surface area contributed by atoms with E-state index in [1.807, 2.05) is 24.4 Å². The van der Waals surface area contributed by atoms with E-state index in [-0.39, 0.29) is 5.91 Å². The highest BCUT2D eigenvalue weighted by atomic mass is 35.5. The standard InChI is InChI=1S/C22H28ClN3O2/c1-28-21-9-8-19(15-20(21)23)25-22(27)10-7-17-5-4-13-26(16-17)14-11-18-6-2-3-12-24-18/h2-3,6,8-9,12,15,17H,4-5,7,10-11,13-14,16H2,1H3,(H,25,27)/t17-/m0/s1. The van der Waals surface area contributed by atoms with Gasteiger partial charge in [-0.25, -0.2) is 0 Å². The molecule has 0 unspecified atom stereocenters. The second-order valence-corrected chi connectivity index (χ2v) is 7.72. The minimum absolute atomic E-state index is 0.0341. The number of nitrogens with zero attached hydrogens (tertiary/aromatic N) is 2. The van der Waals surface area contributed by atoms with Crippen LogP contribution in [0.5, 0.6) is 5.75 Å². The molecule has 1 aromatic carbocycles. The number of amides is 1. The highest BCUT2D eigenvalue weighted by molar-refractivity contribution is 6.32. The van der Waals surface area contributed by atoms with Crippen molar-refractivity contribution in [2.45, 2.75) is 32.1 Å². The minimum Gasteiger partial charge on any atom is -0.495 e. The van der Waals surface area contributed by atoms with E-state index in [1.165, 1.54) is 12.8 Å². The number of likely N-dealkylation sites (tertiary alicyclic amines) is 1. The van der Waals surface area contributed by atoms with Gasteiger partial charge in [-0.1, -0.05) is 17.7 Å². The topological polar surface area (TPSA) is 54.5 Å². The van der Waals surface area contributed by atoms with Crippen LogP contribution in [0, 0.1) is 5.92 Å². The predicted octanol–water partition coefficient (Wildman–Crippen LogP) is 4.42. The molecule has 6 heteroatoms. The smallest absolute Gasteiger partial charge is 0.224 e. The lowest BCUT2D eigenvalue weighted by molar-refractivity contribution is -0.116. The molecule has 1 aromatic heterocycles. The van der Waals surface area contributed by atoms with Crippen molar-refractivity contribution in [1.82, 2.24) is 9.88 Å². The lowest BCUT2D eigenvalue weighted by atomic mass is 9.93. The zero-order valence-electron chi connectivity index (χ0n) is 16.4. The monoisotopic (exact) mass is 401 g/mol. The van der Waals surface area contributed by atoms with E-state index in [1.54, 1.807) is 19.2 Å². The number of hydrogen-bond acceptors (Lipinski definition) is 4. The van der Waals surface area contributed by atoms with E-state index >= 15 is 0 Å². The third-order valence-corrected chi connectivity index (χ3v) is 5.52. The molecule has 1 saturated heterocycles. The predicted molar refractivity (Wildman–Crippen MR) is 113 cm³/mol. The highest BCUT2D eigenvalue weighted by Crippen LogP contribution is 2.27. The molecule has 0 saturated carbocycles. The van der Waals surface area contributed by atoms with E-state index < -0.39 is 0 Å². The summed E-state index contributed by atoms with van der Waals surface area (Å²) in [5.41, 5.74) is 1.85. The van der Waals surface area contributed by atoms with Gasteiger partial charge >= 0.3 is 0 Å². The number of piperidine rings is 1. The number of nitrogens with one attached hydrogen (secondary N) is 1. The van der Waals surface area contributed by atoms with Gasteiger partial charge in [0.1, 0.15) is 5.75 Å². The molecule has 1 aliphatic rings. The van der Waals surface area contributed by atoms with Gasteiger partial charge in [0.25, 0.3) is 0 Å². The molecule has 3 rings (SSSR count). The van der Waals surface area contributed by atoms with Crippen molar-refractivity contribution in [2.75, 3.05) is 32.1 Å².